The van der Waals surface area contributed by atoms with Gasteiger partial charge in [0.15, 0.2) is 0 Å². The van der Waals surface area contributed by atoms with Gasteiger partial charge in [-0.25, -0.2) is 0 Å². The Morgan fingerprint density at radius 3 is 2.67 bits per heavy atom. The number of amides is 1. The smallest absolute Gasteiger partial charge is 0.243 e. The van der Waals surface area contributed by atoms with E-state index in [1.54, 1.807) is 13.1 Å². The standard InChI is InChI=1S/C11H18N2O2/c1-8(2)12-7-10(14)13(4)11-6-5-9(3)15-11/h5-6,8,12H,7H2,1-4H3. The zero-order valence-corrected chi connectivity index (χ0v) is 9.70. The van der Waals surface area contributed by atoms with Gasteiger partial charge < -0.3 is 9.73 Å². The summed E-state index contributed by atoms with van der Waals surface area (Å²) in [6.45, 7) is 6.19. The second-order valence-electron chi connectivity index (χ2n) is 3.87. The minimum atomic E-state index is -0.00181. The molecule has 0 aliphatic carbocycles. The van der Waals surface area contributed by atoms with Crippen LogP contribution in [0.2, 0.25) is 0 Å². The highest BCUT2D eigenvalue weighted by molar-refractivity contribution is 5.92. The van der Waals surface area contributed by atoms with Gasteiger partial charge in [0.05, 0.1) is 6.54 Å². The Bertz CT molecular complexity index is 331. The molecule has 0 spiro atoms. The predicted molar refractivity (Wildman–Crippen MR) is 60.0 cm³/mol. The summed E-state index contributed by atoms with van der Waals surface area (Å²) in [7, 11) is 1.71. The molecule has 0 bridgehead atoms. The fraction of sp³-hybridized carbons (Fsp3) is 0.545. The molecule has 0 saturated heterocycles. The highest BCUT2D eigenvalue weighted by Gasteiger charge is 2.13. The van der Waals surface area contributed by atoms with Crippen LogP contribution in [0.15, 0.2) is 16.5 Å². The van der Waals surface area contributed by atoms with Crippen molar-refractivity contribution in [2.45, 2.75) is 26.8 Å². The third-order valence-corrected chi connectivity index (χ3v) is 2.09. The van der Waals surface area contributed by atoms with Crippen molar-refractivity contribution in [3.63, 3.8) is 0 Å². The number of rotatable bonds is 4. The van der Waals surface area contributed by atoms with E-state index in [1.807, 2.05) is 26.8 Å². The predicted octanol–water partition coefficient (Wildman–Crippen LogP) is 1.55. The second kappa shape index (κ2) is 4.98. The van der Waals surface area contributed by atoms with Crippen molar-refractivity contribution in [3.8, 4) is 0 Å². The van der Waals surface area contributed by atoms with E-state index in [9.17, 15) is 4.79 Å². The quantitative estimate of drug-likeness (QED) is 0.820. The molecule has 1 heterocycles. The lowest BCUT2D eigenvalue weighted by atomic mass is 10.4. The molecule has 1 aromatic heterocycles. The van der Waals surface area contributed by atoms with Gasteiger partial charge in [-0.15, -0.1) is 0 Å². The first-order chi connectivity index (χ1) is 7.00. The number of nitrogens with zero attached hydrogens (tertiary/aromatic N) is 1. The summed E-state index contributed by atoms with van der Waals surface area (Å²) < 4.78 is 5.35. The molecule has 84 valence electrons. The summed E-state index contributed by atoms with van der Waals surface area (Å²) in [6.07, 6.45) is 0. The lowest BCUT2D eigenvalue weighted by Crippen LogP contribution is -2.38. The Hall–Kier alpha value is -1.29. The molecule has 0 unspecified atom stereocenters. The van der Waals surface area contributed by atoms with Crippen LogP contribution in [0.5, 0.6) is 0 Å². The monoisotopic (exact) mass is 210 g/mol. The summed E-state index contributed by atoms with van der Waals surface area (Å²) in [6, 6.07) is 3.94. The molecule has 0 aliphatic heterocycles. The summed E-state index contributed by atoms with van der Waals surface area (Å²) in [4.78, 5) is 13.2. The molecule has 1 aromatic rings. The molecule has 1 rings (SSSR count). The van der Waals surface area contributed by atoms with Gasteiger partial charge >= 0.3 is 0 Å². The molecule has 4 nitrogen and oxygen atoms in total. The zero-order valence-electron chi connectivity index (χ0n) is 9.70. The van der Waals surface area contributed by atoms with Crippen molar-refractivity contribution in [3.05, 3.63) is 17.9 Å². The number of hydrogen-bond acceptors (Lipinski definition) is 3. The number of anilines is 1. The Kier molecular flexibility index (Phi) is 3.91. The van der Waals surface area contributed by atoms with Crippen molar-refractivity contribution in [1.82, 2.24) is 5.32 Å². The van der Waals surface area contributed by atoms with E-state index in [0.717, 1.165) is 5.76 Å². The van der Waals surface area contributed by atoms with Gasteiger partial charge in [-0.3, -0.25) is 9.69 Å². The number of aryl methyl sites for hydroxylation is 1. The topological polar surface area (TPSA) is 45.5 Å². The van der Waals surface area contributed by atoms with Gasteiger partial charge in [-0.2, -0.15) is 0 Å². The van der Waals surface area contributed by atoms with E-state index in [0.29, 0.717) is 18.5 Å². The number of hydrogen-bond donors (Lipinski definition) is 1. The van der Waals surface area contributed by atoms with Crippen molar-refractivity contribution in [1.29, 1.82) is 0 Å². The van der Waals surface area contributed by atoms with E-state index in [2.05, 4.69) is 5.32 Å². The van der Waals surface area contributed by atoms with Crippen LogP contribution in [0, 0.1) is 6.92 Å². The summed E-state index contributed by atoms with van der Waals surface area (Å²) in [5, 5.41) is 3.07. The minimum Gasteiger partial charge on any atom is -0.445 e. The average Bonchev–Trinajstić information content (AvgIpc) is 2.60. The van der Waals surface area contributed by atoms with E-state index in [-0.39, 0.29) is 5.91 Å². The van der Waals surface area contributed by atoms with Crippen molar-refractivity contribution >= 4 is 11.8 Å². The Labute approximate surface area is 90.3 Å². The zero-order chi connectivity index (χ0) is 11.4. The highest BCUT2D eigenvalue weighted by Crippen LogP contribution is 2.16. The van der Waals surface area contributed by atoms with E-state index < -0.39 is 0 Å². The molecule has 0 aromatic carbocycles. The van der Waals surface area contributed by atoms with E-state index in [1.165, 1.54) is 4.90 Å². The first-order valence-electron chi connectivity index (χ1n) is 5.07. The van der Waals surface area contributed by atoms with Crippen LogP contribution in [-0.4, -0.2) is 25.5 Å². The number of carbonyl (C=O) groups excluding carboxylic acids is 1. The number of nitrogens with one attached hydrogen (secondary N) is 1. The number of carbonyl (C=O) groups is 1. The average molecular weight is 210 g/mol. The summed E-state index contributed by atoms with van der Waals surface area (Å²) >= 11 is 0. The molecule has 1 N–H and O–H groups in total. The third kappa shape index (κ3) is 3.40. The first-order valence-corrected chi connectivity index (χ1v) is 5.07. The Morgan fingerprint density at radius 2 is 2.20 bits per heavy atom. The lowest BCUT2D eigenvalue weighted by molar-refractivity contribution is -0.117. The maximum atomic E-state index is 11.7. The normalized spacial score (nSPS) is 10.7. The van der Waals surface area contributed by atoms with E-state index in [4.69, 9.17) is 4.42 Å². The van der Waals surface area contributed by atoms with Crippen LogP contribution >= 0.6 is 0 Å². The Balaban J connectivity index is 2.53. The molecule has 0 saturated carbocycles. The molecule has 1 amide bonds. The van der Waals surface area contributed by atoms with E-state index >= 15 is 0 Å². The lowest BCUT2D eigenvalue weighted by Gasteiger charge is -2.15. The molecule has 4 heteroatoms. The minimum absolute atomic E-state index is 0.00181. The van der Waals surface area contributed by atoms with Crippen molar-refractivity contribution in [2.24, 2.45) is 0 Å². The van der Waals surface area contributed by atoms with Gasteiger partial charge in [-0.05, 0) is 13.0 Å². The first kappa shape index (κ1) is 11.8. The SMILES string of the molecule is Cc1ccc(N(C)C(=O)CNC(C)C)o1. The van der Waals surface area contributed by atoms with Crippen LogP contribution < -0.4 is 10.2 Å². The van der Waals surface area contributed by atoms with Crippen LogP contribution in [-0.2, 0) is 4.79 Å². The summed E-state index contributed by atoms with van der Waals surface area (Å²) in [5.41, 5.74) is 0. The van der Waals surface area contributed by atoms with Crippen molar-refractivity contribution < 1.29 is 9.21 Å². The summed E-state index contributed by atoms with van der Waals surface area (Å²) in [5.74, 6) is 1.39. The Morgan fingerprint density at radius 1 is 1.53 bits per heavy atom. The molecular weight excluding hydrogens is 192 g/mol. The van der Waals surface area contributed by atoms with Gasteiger partial charge in [0, 0.05) is 19.2 Å². The number of likely N-dealkylation sites (N-methyl/N-ethyl adjacent to an activating group) is 1. The van der Waals surface area contributed by atoms with Gasteiger partial charge in [-0.1, -0.05) is 13.8 Å². The third-order valence-electron chi connectivity index (χ3n) is 2.09. The van der Waals surface area contributed by atoms with Gasteiger partial charge in [0.25, 0.3) is 0 Å². The molecule has 0 aliphatic rings. The largest absolute Gasteiger partial charge is 0.445 e. The highest BCUT2D eigenvalue weighted by atomic mass is 16.4. The molecule has 0 atom stereocenters. The van der Waals surface area contributed by atoms with Gasteiger partial charge in [0.2, 0.25) is 11.8 Å². The maximum absolute atomic E-state index is 11.7. The maximum Gasteiger partial charge on any atom is 0.243 e. The fourth-order valence-electron chi connectivity index (χ4n) is 1.13. The molecule has 0 radical (unpaired) electrons. The second-order valence-corrected chi connectivity index (χ2v) is 3.87. The molecule has 0 fully saturated rings. The van der Waals surface area contributed by atoms with Crippen LogP contribution in [0.3, 0.4) is 0 Å². The number of furan rings is 1. The van der Waals surface area contributed by atoms with Crippen LogP contribution in [0.1, 0.15) is 19.6 Å². The molecule has 15 heavy (non-hydrogen) atoms. The van der Waals surface area contributed by atoms with Crippen molar-refractivity contribution in [2.75, 3.05) is 18.5 Å². The molecular formula is C11H18N2O2. The van der Waals surface area contributed by atoms with Crippen LogP contribution in [0.4, 0.5) is 5.88 Å². The fourth-order valence-corrected chi connectivity index (χ4v) is 1.13. The van der Waals surface area contributed by atoms with Crippen LogP contribution in [0.25, 0.3) is 0 Å². The van der Waals surface area contributed by atoms with Gasteiger partial charge in [0.1, 0.15) is 5.76 Å².